The highest BCUT2D eigenvalue weighted by atomic mass is 32.2. The maximum atomic E-state index is 12.6. The van der Waals surface area contributed by atoms with Crippen molar-refractivity contribution in [2.45, 2.75) is 16.7 Å². The van der Waals surface area contributed by atoms with Gasteiger partial charge in [-0.3, -0.25) is 4.72 Å². The summed E-state index contributed by atoms with van der Waals surface area (Å²) in [6.45, 7) is 3.96. The van der Waals surface area contributed by atoms with Crippen LogP contribution in [0.4, 0.5) is 5.69 Å². The molecule has 0 spiro atoms. The molecule has 7 nitrogen and oxygen atoms in total. The Hall–Kier alpha value is -1.94. The minimum atomic E-state index is -3.72. The van der Waals surface area contributed by atoms with Crippen LogP contribution in [0, 0.1) is 6.92 Å². The fourth-order valence-electron chi connectivity index (χ4n) is 2.66. The van der Waals surface area contributed by atoms with Gasteiger partial charge in [0.25, 0.3) is 10.0 Å². The number of piperazine rings is 1. The number of sulfonamides is 2. The van der Waals surface area contributed by atoms with Crippen LogP contribution in [0.5, 0.6) is 0 Å². The third-order valence-corrected chi connectivity index (χ3v) is 7.46. The first-order valence-corrected chi connectivity index (χ1v) is 11.1. The average Bonchev–Trinajstić information content (AvgIpc) is 2.63. The maximum Gasteiger partial charge on any atom is 0.261 e. The van der Waals surface area contributed by atoms with E-state index in [1.165, 1.54) is 40.7 Å². The molecule has 9 heteroatoms. The third kappa shape index (κ3) is 4.07. The minimum Gasteiger partial charge on any atom is -0.314 e. The highest BCUT2D eigenvalue weighted by Crippen LogP contribution is 2.21. The summed E-state index contributed by atoms with van der Waals surface area (Å²) in [7, 11) is -7.28. The van der Waals surface area contributed by atoms with E-state index in [1.807, 2.05) is 6.92 Å². The topological polar surface area (TPSA) is 95.6 Å². The Kier molecular flexibility index (Phi) is 5.33. The lowest BCUT2D eigenvalue weighted by atomic mass is 10.2. The van der Waals surface area contributed by atoms with Gasteiger partial charge in [0.1, 0.15) is 0 Å². The second-order valence-electron chi connectivity index (χ2n) is 6.10. The van der Waals surface area contributed by atoms with E-state index in [9.17, 15) is 16.8 Å². The zero-order valence-electron chi connectivity index (χ0n) is 14.3. The van der Waals surface area contributed by atoms with Gasteiger partial charge >= 0.3 is 0 Å². The summed E-state index contributed by atoms with van der Waals surface area (Å²) in [6.07, 6.45) is 0. The summed E-state index contributed by atoms with van der Waals surface area (Å²) >= 11 is 0. The predicted octanol–water partition coefficient (Wildman–Crippen LogP) is 1.39. The van der Waals surface area contributed by atoms with Crippen molar-refractivity contribution in [2.24, 2.45) is 0 Å². The fraction of sp³-hybridized carbons (Fsp3) is 0.294. The largest absolute Gasteiger partial charge is 0.314 e. The van der Waals surface area contributed by atoms with Gasteiger partial charge in [0, 0.05) is 31.9 Å². The molecule has 1 saturated heterocycles. The van der Waals surface area contributed by atoms with E-state index < -0.39 is 20.0 Å². The molecule has 0 saturated carbocycles. The van der Waals surface area contributed by atoms with E-state index in [-0.39, 0.29) is 9.79 Å². The van der Waals surface area contributed by atoms with Crippen LogP contribution in [0.15, 0.2) is 58.3 Å². The number of rotatable bonds is 5. The van der Waals surface area contributed by atoms with Crippen molar-refractivity contribution in [3.05, 3.63) is 54.1 Å². The zero-order chi connectivity index (χ0) is 18.8. The van der Waals surface area contributed by atoms with Crippen LogP contribution >= 0.6 is 0 Å². The van der Waals surface area contributed by atoms with Crippen LogP contribution < -0.4 is 10.0 Å². The number of aryl methyl sites for hydroxylation is 1. The van der Waals surface area contributed by atoms with Gasteiger partial charge in [-0.15, -0.1) is 0 Å². The molecule has 3 rings (SSSR count). The van der Waals surface area contributed by atoms with E-state index >= 15 is 0 Å². The molecule has 0 aromatic heterocycles. The maximum absolute atomic E-state index is 12.6. The van der Waals surface area contributed by atoms with E-state index in [2.05, 4.69) is 10.0 Å². The van der Waals surface area contributed by atoms with Crippen LogP contribution in [0.3, 0.4) is 0 Å². The van der Waals surface area contributed by atoms with Crippen molar-refractivity contribution in [1.82, 2.24) is 9.62 Å². The van der Waals surface area contributed by atoms with Crippen molar-refractivity contribution >= 4 is 25.7 Å². The Morgan fingerprint density at radius 3 is 1.96 bits per heavy atom. The fourth-order valence-corrected chi connectivity index (χ4v) is 5.16. The molecule has 0 unspecified atom stereocenters. The van der Waals surface area contributed by atoms with Crippen LogP contribution in [0.2, 0.25) is 0 Å². The smallest absolute Gasteiger partial charge is 0.261 e. The number of hydrogen-bond acceptors (Lipinski definition) is 5. The third-order valence-electron chi connectivity index (χ3n) is 4.15. The number of nitrogens with zero attached hydrogens (tertiary/aromatic N) is 1. The SMILES string of the molecule is Cc1ccc(S(=O)(=O)Nc2ccc(S(=O)(=O)N3CCNCC3)cc2)cc1. The van der Waals surface area contributed by atoms with E-state index in [4.69, 9.17) is 0 Å². The van der Waals surface area contributed by atoms with Crippen molar-refractivity contribution in [2.75, 3.05) is 30.9 Å². The van der Waals surface area contributed by atoms with Crippen LogP contribution in [-0.4, -0.2) is 47.3 Å². The van der Waals surface area contributed by atoms with E-state index in [1.54, 1.807) is 12.1 Å². The molecule has 1 fully saturated rings. The Morgan fingerprint density at radius 1 is 0.846 bits per heavy atom. The first-order chi connectivity index (χ1) is 12.3. The molecular weight excluding hydrogens is 374 g/mol. The molecule has 2 aromatic rings. The summed E-state index contributed by atoms with van der Waals surface area (Å²) in [4.78, 5) is 0.304. The summed E-state index contributed by atoms with van der Waals surface area (Å²) in [5.41, 5.74) is 1.27. The molecule has 1 aliphatic rings. The lowest BCUT2D eigenvalue weighted by molar-refractivity contribution is 0.360. The molecule has 0 aliphatic carbocycles. The molecule has 0 amide bonds. The summed E-state index contributed by atoms with van der Waals surface area (Å²) in [6, 6.07) is 12.3. The van der Waals surface area contributed by atoms with Crippen molar-refractivity contribution in [3.63, 3.8) is 0 Å². The van der Waals surface area contributed by atoms with Gasteiger partial charge in [0.15, 0.2) is 0 Å². The molecule has 0 radical (unpaired) electrons. The average molecular weight is 396 g/mol. The Morgan fingerprint density at radius 2 is 1.38 bits per heavy atom. The Bertz CT molecular complexity index is 964. The number of hydrogen-bond donors (Lipinski definition) is 2. The molecule has 0 atom stereocenters. The molecule has 1 aliphatic heterocycles. The van der Waals surface area contributed by atoms with Crippen molar-refractivity contribution < 1.29 is 16.8 Å². The molecular formula is C17H21N3O4S2. The lowest BCUT2D eigenvalue weighted by Gasteiger charge is -2.26. The number of anilines is 1. The van der Waals surface area contributed by atoms with Crippen molar-refractivity contribution in [1.29, 1.82) is 0 Å². The zero-order valence-corrected chi connectivity index (χ0v) is 16.0. The van der Waals surface area contributed by atoms with Gasteiger partial charge in [0.05, 0.1) is 9.79 Å². The normalized spacial score (nSPS) is 16.3. The first kappa shape index (κ1) is 18.8. The molecule has 2 aromatic carbocycles. The Labute approximate surface area is 154 Å². The summed E-state index contributed by atoms with van der Waals surface area (Å²) < 4.78 is 53.9. The predicted molar refractivity (Wildman–Crippen MR) is 100 cm³/mol. The minimum absolute atomic E-state index is 0.151. The van der Waals surface area contributed by atoms with Gasteiger partial charge < -0.3 is 5.32 Å². The van der Waals surface area contributed by atoms with Crippen LogP contribution in [0.1, 0.15) is 5.56 Å². The highest BCUT2D eigenvalue weighted by Gasteiger charge is 2.25. The molecule has 1 heterocycles. The van der Waals surface area contributed by atoms with Crippen LogP contribution in [0.25, 0.3) is 0 Å². The summed E-state index contributed by atoms with van der Waals surface area (Å²) in [5.74, 6) is 0. The van der Waals surface area contributed by atoms with Gasteiger partial charge in [0.2, 0.25) is 10.0 Å². The van der Waals surface area contributed by atoms with Gasteiger partial charge in [-0.05, 0) is 43.3 Å². The van der Waals surface area contributed by atoms with Gasteiger partial charge in [-0.2, -0.15) is 4.31 Å². The van der Waals surface area contributed by atoms with Crippen LogP contribution in [-0.2, 0) is 20.0 Å². The molecule has 2 N–H and O–H groups in total. The number of nitrogens with one attached hydrogen (secondary N) is 2. The number of benzene rings is 2. The standard InChI is InChI=1S/C17H21N3O4S2/c1-14-2-6-16(7-3-14)25(21,22)19-15-4-8-17(9-5-15)26(23,24)20-12-10-18-11-13-20/h2-9,18-19H,10-13H2,1H3. The van der Waals surface area contributed by atoms with E-state index in [0.29, 0.717) is 31.9 Å². The second kappa shape index (κ2) is 7.36. The molecule has 0 bridgehead atoms. The second-order valence-corrected chi connectivity index (χ2v) is 9.72. The highest BCUT2D eigenvalue weighted by molar-refractivity contribution is 7.92. The van der Waals surface area contributed by atoms with Crippen molar-refractivity contribution in [3.8, 4) is 0 Å². The summed E-state index contributed by atoms with van der Waals surface area (Å²) in [5, 5.41) is 3.11. The first-order valence-electron chi connectivity index (χ1n) is 8.19. The monoisotopic (exact) mass is 395 g/mol. The lowest BCUT2D eigenvalue weighted by Crippen LogP contribution is -2.46. The van der Waals surface area contributed by atoms with Gasteiger partial charge in [-0.1, -0.05) is 17.7 Å². The van der Waals surface area contributed by atoms with Gasteiger partial charge in [-0.25, -0.2) is 16.8 Å². The molecule has 26 heavy (non-hydrogen) atoms. The van der Waals surface area contributed by atoms with E-state index in [0.717, 1.165) is 5.56 Å². The quantitative estimate of drug-likeness (QED) is 0.798. The molecule has 140 valence electrons. The Balaban J connectivity index is 1.78.